The summed E-state index contributed by atoms with van der Waals surface area (Å²) >= 11 is 0. The average Bonchev–Trinajstić information content (AvgIpc) is 3.34. The lowest BCUT2D eigenvalue weighted by atomic mass is 9.93. The lowest BCUT2D eigenvalue weighted by Crippen LogP contribution is -2.53. The Morgan fingerprint density at radius 2 is 2.00 bits per heavy atom. The van der Waals surface area contributed by atoms with Gasteiger partial charge in [0.15, 0.2) is 5.65 Å². The Morgan fingerprint density at radius 3 is 2.72 bits per heavy atom. The van der Waals surface area contributed by atoms with Crippen LogP contribution >= 0.6 is 0 Å². The van der Waals surface area contributed by atoms with Gasteiger partial charge in [0.05, 0.1) is 5.69 Å². The van der Waals surface area contributed by atoms with E-state index in [1.54, 1.807) is 10.7 Å². The molecule has 6 heteroatoms. The summed E-state index contributed by atoms with van der Waals surface area (Å²) in [6.07, 6.45) is 9.26. The zero-order chi connectivity index (χ0) is 17.0. The molecule has 3 fully saturated rings. The lowest BCUT2D eigenvalue weighted by Gasteiger charge is -2.41. The molecule has 0 unspecified atom stereocenters. The van der Waals surface area contributed by atoms with E-state index in [0.717, 1.165) is 49.8 Å². The van der Waals surface area contributed by atoms with Gasteiger partial charge in [-0.3, -0.25) is 9.69 Å². The SMILES string of the molecule is Cc1nn2cccnc2c1C(=O)N1CCN([C@H]2C[C@H]3CC[C@H]2C3)CC1. The van der Waals surface area contributed by atoms with Crippen molar-refractivity contribution in [2.75, 3.05) is 26.2 Å². The van der Waals surface area contributed by atoms with Gasteiger partial charge in [-0.25, -0.2) is 9.50 Å². The first-order valence-corrected chi connectivity index (χ1v) is 9.54. The van der Waals surface area contributed by atoms with Gasteiger partial charge in [-0.05, 0) is 44.1 Å². The van der Waals surface area contributed by atoms with E-state index >= 15 is 0 Å². The molecule has 2 bridgehead atoms. The van der Waals surface area contributed by atoms with E-state index in [0.29, 0.717) is 11.2 Å². The number of amides is 1. The minimum Gasteiger partial charge on any atom is -0.336 e. The Balaban J connectivity index is 1.30. The summed E-state index contributed by atoms with van der Waals surface area (Å²) in [5.41, 5.74) is 2.09. The fraction of sp³-hybridized carbons (Fsp3) is 0.632. The second-order valence-electron chi connectivity index (χ2n) is 7.92. The van der Waals surface area contributed by atoms with Crippen LogP contribution in [0.15, 0.2) is 18.5 Å². The molecule has 0 spiro atoms. The van der Waals surface area contributed by atoms with Gasteiger partial charge in [0.2, 0.25) is 0 Å². The molecule has 132 valence electrons. The van der Waals surface area contributed by atoms with Gasteiger partial charge >= 0.3 is 0 Å². The van der Waals surface area contributed by atoms with Crippen molar-refractivity contribution in [2.45, 2.75) is 38.6 Å². The number of carbonyl (C=O) groups excluding carboxylic acids is 1. The summed E-state index contributed by atoms with van der Waals surface area (Å²) in [5.74, 6) is 1.97. The molecule has 5 rings (SSSR count). The largest absolute Gasteiger partial charge is 0.336 e. The monoisotopic (exact) mass is 339 g/mol. The van der Waals surface area contributed by atoms with E-state index in [-0.39, 0.29) is 5.91 Å². The predicted molar refractivity (Wildman–Crippen MR) is 94.4 cm³/mol. The van der Waals surface area contributed by atoms with Gasteiger partial charge in [0.1, 0.15) is 5.56 Å². The van der Waals surface area contributed by atoms with Crippen LogP contribution in [0.5, 0.6) is 0 Å². The fourth-order valence-electron chi connectivity index (χ4n) is 5.32. The number of rotatable bonds is 2. The highest BCUT2D eigenvalue weighted by Gasteiger charge is 2.43. The van der Waals surface area contributed by atoms with Crippen LogP contribution in [-0.2, 0) is 0 Å². The van der Waals surface area contributed by atoms with Gasteiger partial charge in [-0.2, -0.15) is 5.10 Å². The molecular weight excluding hydrogens is 314 g/mol. The molecule has 0 aromatic carbocycles. The van der Waals surface area contributed by atoms with Crippen molar-refractivity contribution in [1.82, 2.24) is 24.4 Å². The Morgan fingerprint density at radius 1 is 1.16 bits per heavy atom. The van der Waals surface area contributed by atoms with Crippen LogP contribution in [-0.4, -0.2) is 62.5 Å². The highest BCUT2D eigenvalue weighted by Crippen LogP contribution is 2.46. The molecule has 1 aliphatic heterocycles. The molecule has 2 aliphatic carbocycles. The summed E-state index contributed by atoms with van der Waals surface area (Å²) in [7, 11) is 0. The fourth-order valence-corrected chi connectivity index (χ4v) is 5.32. The summed E-state index contributed by atoms with van der Waals surface area (Å²) in [6.45, 7) is 5.54. The number of hydrogen-bond acceptors (Lipinski definition) is 4. The van der Waals surface area contributed by atoms with Crippen molar-refractivity contribution in [1.29, 1.82) is 0 Å². The van der Waals surface area contributed by atoms with Gasteiger partial charge < -0.3 is 4.90 Å². The van der Waals surface area contributed by atoms with Gasteiger partial charge in [0.25, 0.3) is 5.91 Å². The molecule has 2 aromatic heterocycles. The van der Waals surface area contributed by atoms with Crippen molar-refractivity contribution in [3.63, 3.8) is 0 Å². The highest BCUT2D eigenvalue weighted by atomic mass is 16.2. The van der Waals surface area contributed by atoms with Crippen molar-refractivity contribution in [3.8, 4) is 0 Å². The molecule has 3 heterocycles. The second-order valence-corrected chi connectivity index (χ2v) is 7.92. The summed E-state index contributed by atoms with van der Waals surface area (Å²) < 4.78 is 1.70. The molecule has 1 amide bonds. The lowest BCUT2D eigenvalue weighted by molar-refractivity contribution is 0.0496. The minimum absolute atomic E-state index is 0.0822. The first-order valence-electron chi connectivity index (χ1n) is 9.54. The maximum Gasteiger partial charge on any atom is 0.259 e. The van der Waals surface area contributed by atoms with E-state index < -0.39 is 0 Å². The van der Waals surface area contributed by atoms with Gasteiger partial charge in [-0.15, -0.1) is 0 Å². The van der Waals surface area contributed by atoms with Crippen LogP contribution in [0.4, 0.5) is 0 Å². The van der Waals surface area contributed by atoms with E-state index in [1.807, 2.05) is 24.1 Å². The number of aromatic nitrogens is 3. The van der Waals surface area contributed by atoms with Crippen LogP contribution < -0.4 is 0 Å². The third-order valence-electron chi connectivity index (χ3n) is 6.56. The summed E-state index contributed by atoms with van der Waals surface area (Å²) in [6, 6.07) is 2.61. The van der Waals surface area contributed by atoms with E-state index in [2.05, 4.69) is 15.0 Å². The van der Waals surface area contributed by atoms with Crippen LogP contribution in [0.1, 0.15) is 41.7 Å². The van der Waals surface area contributed by atoms with Crippen LogP contribution in [0.25, 0.3) is 5.65 Å². The Bertz CT molecular complexity index is 807. The number of fused-ring (bicyclic) bond motifs is 3. The minimum atomic E-state index is 0.0822. The van der Waals surface area contributed by atoms with Crippen LogP contribution in [0.3, 0.4) is 0 Å². The zero-order valence-corrected chi connectivity index (χ0v) is 14.8. The topological polar surface area (TPSA) is 53.7 Å². The normalized spacial score (nSPS) is 29.6. The maximum absolute atomic E-state index is 13.1. The number of aryl methyl sites for hydroxylation is 1. The van der Waals surface area contributed by atoms with Crippen LogP contribution in [0.2, 0.25) is 0 Å². The molecule has 2 aromatic rings. The average molecular weight is 339 g/mol. The van der Waals surface area contributed by atoms with E-state index in [1.165, 1.54) is 25.7 Å². The molecule has 2 saturated carbocycles. The zero-order valence-electron chi connectivity index (χ0n) is 14.8. The quantitative estimate of drug-likeness (QED) is 0.840. The van der Waals surface area contributed by atoms with Crippen molar-refractivity contribution in [3.05, 3.63) is 29.7 Å². The van der Waals surface area contributed by atoms with Crippen LogP contribution in [0, 0.1) is 18.8 Å². The molecule has 6 nitrogen and oxygen atoms in total. The predicted octanol–water partition coefficient (Wildman–Crippen LogP) is 1.98. The first kappa shape index (κ1) is 15.3. The summed E-state index contributed by atoms with van der Waals surface area (Å²) in [4.78, 5) is 22.1. The molecule has 0 radical (unpaired) electrons. The van der Waals surface area contributed by atoms with Gasteiger partial charge in [-0.1, -0.05) is 6.42 Å². The number of hydrogen-bond donors (Lipinski definition) is 0. The third-order valence-corrected chi connectivity index (χ3v) is 6.56. The smallest absolute Gasteiger partial charge is 0.259 e. The Kier molecular flexibility index (Phi) is 3.55. The number of carbonyl (C=O) groups is 1. The number of piperazine rings is 1. The Labute approximate surface area is 147 Å². The molecule has 3 aliphatic rings. The third kappa shape index (κ3) is 2.46. The maximum atomic E-state index is 13.1. The van der Waals surface area contributed by atoms with Crippen molar-refractivity contribution in [2.24, 2.45) is 11.8 Å². The molecule has 25 heavy (non-hydrogen) atoms. The Hall–Kier alpha value is -1.95. The molecule has 3 atom stereocenters. The van der Waals surface area contributed by atoms with E-state index in [9.17, 15) is 4.79 Å². The standard InChI is InChI=1S/C19H25N5O/c1-13-17(18-20-5-2-6-24(18)21-13)19(25)23-9-7-22(8-10-23)16-12-14-3-4-15(16)11-14/h2,5-6,14-16H,3-4,7-12H2,1H3/t14-,15-,16-/m0/s1. The molecular formula is C19H25N5O. The molecule has 1 saturated heterocycles. The molecule has 0 N–H and O–H groups in total. The first-order chi connectivity index (χ1) is 12.2. The summed E-state index contributed by atoms with van der Waals surface area (Å²) in [5, 5.41) is 4.43. The highest BCUT2D eigenvalue weighted by molar-refractivity contribution is 6.01. The second kappa shape index (κ2) is 5.80. The van der Waals surface area contributed by atoms with Crippen molar-refractivity contribution >= 4 is 11.6 Å². The van der Waals surface area contributed by atoms with Crippen molar-refractivity contribution < 1.29 is 4.79 Å². The van der Waals surface area contributed by atoms with E-state index in [4.69, 9.17) is 0 Å². The van der Waals surface area contributed by atoms with Gasteiger partial charge in [0, 0.05) is 44.6 Å². The number of nitrogens with zero attached hydrogens (tertiary/aromatic N) is 5.